The van der Waals surface area contributed by atoms with Gasteiger partial charge in [-0.05, 0) is 29.2 Å². The molecule has 3 aliphatic rings. The fraction of sp³-hybridized carbons (Fsp3) is 0.259. The molecule has 0 aliphatic carbocycles. The second-order valence-electron chi connectivity index (χ2n) is 8.65. The number of hydrogen-bond donors (Lipinski definition) is 1. The molecule has 1 saturated heterocycles. The number of rotatable bonds is 4. The van der Waals surface area contributed by atoms with E-state index in [2.05, 4.69) is 5.32 Å². The highest BCUT2D eigenvalue weighted by Gasteiger charge is 2.57. The first-order chi connectivity index (χ1) is 16.1. The summed E-state index contributed by atoms with van der Waals surface area (Å²) in [5.74, 6) is -1.76. The molecule has 3 aromatic carbocycles. The van der Waals surface area contributed by atoms with Crippen molar-refractivity contribution < 1.29 is 19.1 Å². The first-order valence-corrected chi connectivity index (χ1v) is 11.3. The zero-order valence-corrected chi connectivity index (χ0v) is 18.3. The van der Waals surface area contributed by atoms with E-state index in [0.717, 1.165) is 22.4 Å². The van der Waals surface area contributed by atoms with Crippen molar-refractivity contribution in [2.75, 3.05) is 23.4 Å². The summed E-state index contributed by atoms with van der Waals surface area (Å²) in [6, 6.07) is 23.6. The smallest absolute Gasteiger partial charge is 0.289 e. The summed E-state index contributed by atoms with van der Waals surface area (Å²) in [5.41, 5.74) is 4.03. The van der Waals surface area contributed by atoms with Crippen molar-refractivity contribution in [3.05, 3.63) is 95.1 Å². The molecule has 6 nitrogen and oxygen atoms in total. The van der Waals surface area contributed by atoms with Crippen LogP contribution in [0.5, 0.6) is 0 Å². The zero-order valence-electron chi connectivity index (χ0n) is 18.3. The van der Waals surface area contributed by atoms with Crippen LogP contribution in [0.15, 0.2) is 72.8 Å². The van der Waals surface area contributed by atoms with Crippen molar-refractivity contribution in [1.29, 1.82) is 0 Å². The Kier molecular flexibility index (Phi) is 4.44. The molecule has 6 heteroatoms. The van der Waals surface area contributed by atoms with Crippen LogP contribution >= 0.6 is 0 Å². The highest BCUT2D eigenvalue weighted by Crippen LogP contribution is 2.54. The molecule has 0 radical (unpaired) electrons. The lowest BCUT2D eigenvalue weighted by atomic mass is 9.72. The van der Waals surface area contributed by atoms with E-state index in [1.54, 1.807) is 0 Å². The van der Waals surface area contributed by atoms with Crippen molar-refractivity contribution in [1.82, 2.24) is 0 Å². The van der Waals surface area contributed by atoms with Gasteiger partial charge >= 0.3 is 0 Å². The first-order valence-electron chi connectivity index (χ1n) is 11.3. The zero-order chi connectivity index (χ0) is 22.6. The Balaban J connectivity index is 1.54. The van der Waals surface area contributed by atoms with Crippen LogP contribution in [0.3, 0.4) is 0 Å². The maximum absolute atomic E-state index is 14.3. The standard InChI is InChI=1S/C27H24N2O4/c1-2-26(20-12-8-13-21-23(20)28-24(30)27(21)32-15-16-33-27)19-11-6-7-14-22(19)29(25(26)31)17-18-9-4-3-5-10-18/h3-14H,2,15-17H2,1H3,(H,28,30)/t26-/m1/s1. The van der Waals surface area contributed by atoms with Crippen molar-refractivity contribution in [3.63, 3.8) is 0 Å². The predicted octanol–water partition coefficient (Wildman–Crippen LogP) is 4.08. The molecule has 6 rings (SSSR count). The number of amides is 2. The first kappa shape index (κ1) is 20.1. The number of benzene rings is 3. The number of ether oxygens (including phenoxy) is 2. The van der Waals surface area contributed by atoms with E-state index < -0.39 is 11.2 Å². The number of nitrogens with zero attached hydrogens (tertiary/aromatic N) is 1. The van der Waals surface area contributed by atoms with Crippen LogP contribution in [-0.2, 0) is 36.8 Å². The maximum Gasteiger partial charge on any atom is 0.289 e. The number of carbonyl (C=O) groups is 2. The number of para-hydroxylation sites is 2. The topological polar surface area (TPSA) is 67.9 Å². The third-order valence-electron chi connectivity index (χ3n) is 7.09. The third-order valence-corrected chi connectivity index (χ3v) is 7.09. The van der Waals surface area contributed by atoms with Gasteiger partial charge in [-0.2, -0.15) is 0 Å². The lowest BCUT2D eigenvalue weighted by Gasteiger charge is -2.30. The average Bonchev–Trinajstić information content (AvgIpc) is 3.52. The van der Waals surface area contributed by atoms with Gasteiger partial charge in [0.15, 0.2) is 0 Å². The fourth-order valence-electron chi connectivity index (χ4n) is 5.57. The molecule has 2 amide bonds. The van der Waals surface area contributed by atoms with E-state index in [0.29, 0.717) is 37.4 Å². The number of hydrogen-bond acceptors (Lipinski definition) is 4. The molecule has 0 bridgehead atoms. The molecule has 0 unspecified atom stereocenters. The largest absolute Gasteiger partial charge is 0.336 e. The van der Waals surface area contributed by atoms with Gasteiger partial charge in [-0.1, -0.05) is 73.7 Å². The minimum atomic E-state index is -1.43. The molecule has 3 aromatic rings. The van der Waals surface area contributed by atoms with E-state index in [9.17, 15) is 9.59 Å². The lowest BCUT2D eigenvalue weighted by Crippen LogP contribution is -2.41. The number of nitrogens with one attached hydrogen (secondary N) is 1. The highest BCUT2D eigenvalue weighted by atomic mass is 16.7. The minimum absolute atomic E-state index is 0.00640. The van der Waals surface area contributed by atoms with Gasteiger partial charge in [-0.3, -0.25) is 9.59 Å². The summed E-state index contributed by atoms with van der Waals surface area (Å²) >= 11 is 0. The van der Waals surface area contributed by atoms with Gasteiger partial charge in [0.1, 0.15) is 5.41 Å². The predicted molar refractivity (Wildman–Crippen MR) is 124 cm³/mol. The molecular weight excluding hydrogens is 416 g/mol. The second-order valence-corrected chi connectivity index (χ2v) is 8.65. The quantitative estimate of drug-likeness (QED) is 0.664. The summed E-state index contributed by atoms with van der Waals surface area (Å²) < 4.78 is 11.6. The van der Waals surface area contributed by atoms with Crippen molar-refractivity contribution >= 4 is 23.2 Å². The minimum Gasteiger partial charge on any atom is -0.336 e. The van der Waals surface area contributed by atoms with Crippen LogP contribution in [-0.4, -0.2) is 25.0 Å². The average molecular weight is 440 g/mol. The van der Waals surface area contributed by atoms with Gasteiger partial charge in [0, 0.05) is 11.3 Å². The third kappa shape index (κ3) is 2.62. The van der Waals surface area contributed by atoms with Crippen molar-refractivity contribution in [3.8, 4) is 0 Å². The van der Waals surface area contributed by atoms with E-state index in [4.69, 9.17) is 9.47 Å². The van der Waals surface area contributed by atoms with Gasteiger partial charge < -0.3 is 19.7 Å². The molecule has 1 spiro atoms. The van der Waals surface area contributed by atoms with Crippen LogP contribution in [0.25, 0.3) is 0 Å². The normalized spacial score (nSPS) is 22.5. The molecule has 0 aromatic heterocycles. The van der Waals surface area contributed by atoms with Gasteiger partial charge in [0.05, 0.1) is 25.4 Å². The summed E-state index contributed by atoms with van der Waals surface area (Å²) in [5, 5.41) is 2.99. The number of anilines is 2. The second kappa shape index (κ2) is 7.27. The van der Waals surface area contributed by atoms with Crippen LogP contribution in [0, 0.1) is 0 Å². The molecular formula is C27H24N2O4. The Morgan fingerprint density at radius 1 is 0.848 bits per heavy atom. The van der Waals surface area contributed by atoms with Crippen molar-refractivity contribution in [2.24, 2.45) is 0 Å². The maximum atomic E-state index is 14.3. The Bertz CT molecular complexity index is 1270. The van der Waals surface area contributed by atoms with Crippen LogP contribution in [0.4, 0.5) is 11.4 Å². The van der Waals surface area contributed by atoms with Crippen LogP contribution in [0.1, 0.15) is 35.6 Å². The number of carbonyl (C=O) groups excluding carboxylic acids is 2. The summed E-state index contributed by atoms with van der Waals surface area (Å²) in [4.78, 5) is 29.1. The van der Waals surface area contributed by atoms with Crippen LogP contribution in [0.2, 0.25) is 0 Å². The molecule has 1 N–H and O–H groups in total. The molecule has 3 aliphatic heterocycles. The van der Waals surface area contributed by atoms with Gasteiger partial charge in [0.2, 0.25) is 5.91 Å². The molecule has 1 fully saturated rings. The van der Waals surface area contributed by atoms with E-state index >= 15 is 0 Å². The Morgan fingerprint density at radius 2 is 1.52 bits per heavy atom. The van der Waals surface area contributed by atoms with E-state index in [1.165, 1.54) is 0 Å². The van der Waals surface area contributed by atoms with Crippen LogP contribution < -0.4 is 10.2 Å². The van der Waals surface area contributed by atoms with E-state index in [1.807, 2.05) is 84.6 Å². The molecule has 3 heterocycles. The summed E-state index contributed by atoms with van der Waals surface area (Å²) in [6.07, 6.45) is 0.551. The summed E-state index contributed by atoms with van der Waals surface area (Å²) in [6.45, 7) is 3.20. The molecule has 33 heavy (non-hydrogen) atoms. The Morgan fingerprint density at radius 3 is 2.27 bits per heavy atom. The highest BCUT2D eigenvalue weighted by molar-refractivity contribution is 6.13. The summed E-state index contributed by atoms with van der Waals surface area (Å²) in [7, 11) is 0. The van der Waals surface area contributed by atoms with Crippen molar-refractivity contribution in [2.45, 2.75) is 31.1 Å². The number of fused-ring (bicyclic) bond motifs is 3. The monoisotopic (exact) mass is 440 g/mol. The lowest BCUT2D eigenvalue weighted by molar-refractivity contribution is -0.178. The molecule has 166 valence electrons. The van der Waals surface area contributed by atoms with Gasteiger partial charge in [0.25, 0.3) is 11.7 Å². The van der Waals surface area contributed by atoms with E-state index in [-0.39, 0.29) is 11.8 Å². The van der Waals surface area contributed by atoms with Gasteiger partial charge in [-0.15, -0.1) is 0 Å². The Hall–Kier alpha value is -3.48. The Labute approximate surface area is 192 Å². The molecule has 0 saturated carbocycles. The molecule has 1 atom stereocenters. The SMILES string of the molecule is CC[C@@]1(c2cccc3c2NC(=O)C32OCCO2)C(=O)N(Cc2ccccc2)c2ccccc21. The fourth-order valence-corrected chi connectivity index (χ4v) is 5.57. The van der Waals surface area contributed by atoms with Gasteiger partial charge in [-0.25, -0.2) is 0 Å².